The summed E-state index contributed by atoms with van der Waals surface area (Å²) in [5, 5.41) is 14.1. The molecule has 1 aromatic carbocycles. The average molecular weight is 296 g/mol. The highest BCUT2D eigenvalue weighted by Gasteiger charge is 2.15. The van der Waals surface area contributed by atoms with Crippen molar-refractivity contribution in [2.45, 2.75) is 18.9 Å². The summed E-state index contributed by atoms with van der Waals surface area (Å²) in [6, 6.07) is 6.17. The molecule has 2 rings (SSSR count). The van der Waals surface area contributed by atoms with Crippen LogP contribution in [0.25, 0.3) is 0 Å². The van der Waals surface area contributed by atoms with Crippen LogP contribution in [0.1, 0.15) is 12.8 Å². The number of rotatable bonds is 5. The number of benzene rings is 1. The number of nitrogens with one attached hydrogen (secondary N) is 3. The molecule has 0 aromatic heterocycles. The summed E-state index contributed by atoms with van der Waals surface area (Å²) >= 11 is 5.10. The predicted molar refractivity (Wildman–Crippen MR) is 79.4 cm³/mol. The lowest BCUT2D eigenvalue weighted by Crippen LogP contribution is -2.41. The van der Waals surface area contributed by atoms with Crippen molar-refractivity contribution < 1.29 is 9.66 Å². The van der Waals surface area contributed by atoms with E-state index in [1.807, 2.05) is 0 Å². The lowest BCUT2D eigenvalue weighted by Gasteiger charge is -2.15. The van der Waals surface area contributed by atoms with Crippen LogP contribution >= 0.6 is 12.2 Å². The first kappa shape index (κ1) is 14.5. The molecule has 1 heterocycles. The summed E-state index contributed by atoms with van der Waals surface area (Å²) in [6.45, 7) is 1.46. The predicted octanol–water partition coefficient (Wildman–Crippen LogP) is 1.56. The van der Waals surface area contributed by atoms with Crippen molar-refractivity contribution in [2.24, 2.45) is 0 Å². The molecule has 20 heavy (non-hydrogen) atoms. The third-order valence-corrected chi connectivity index (χ3v) is 3.14. The first-order valence-electron chi connectivity index (χ1n) is 6.31. The highest BCUT2D eigenvalue weighted by Crippen LogP contribution is 2.16. The molecule has 0 amide bonds. The van der Waals surface area contributed by atoms with Crippen LogP contribution in [0.5, 0.6) is 0 Å². The van der Waals surface area contributed by atoms with Gasteiger partial charge in [-0.1, -0.05) is 6.07 Å². The van der Waals surface area contributed by atoms with Crippen molar-refractivity contribution in [3.05, 3.63) is 34.4 Å². The van der Waals surface area contributed by atoms with Gasteiger partial charge in [0, 0.05) is 25.3 Å². The molecule has 8 heteroatoms. The van der Waals surface area contributed by atoms with Crippen molar-refractivity contribution in [3.8, 4) is 0 Å². The maximum absolute atomic E-state index is 10.6. The van der Waals surface area contributed by atoms with Gasteiger partial charge in [0.1, 0.15) is 0 Å². The quantitative estimate of drug-likeness (QED) is 0.432. The molecule has 1 atom stereocenters. The van der Waals surface area contributed by atoms with E-state index in [0.29, 0.717) is 17.3 Å². The highest BCUT2D eigenvalue weighted by atomic mass is 32.1. The van der Waals surface area contributed by atoms with E-state index in [1.165, 1.54) is 12.1 Å². The van der Waals surface area contributed by atoms with Crippen LogP contribution in [0.15, 0.2) is 24.3 Å². The molecule has 1 saturated heterocycles. The van der Waals surface area contributed by atoms with E-state index in [0.717, 1.165) is 19.4 Å². The van der Waals surface area contributed by atoms with E-state index in [4.69, 9.17) is 17.0 Å². The van der Waals surface area contributed by atoms with Crippen LogP contribution < -0.4 is 16.2 Å². The zero-order valence-corrected chi connectivity index (χ0v) is 11.6. The van der Waals surface area contributed by atoms with Gasteiger partial charge in [-0.15, -0.1) is 0 Å². The maximum Gasteiger partial charge on any atom is 0.271 e. The molecule has 7 nitrogen and oxygen atoms in total. The number of nitro groups is 1. The summed E-state index contributed by atoms with van der Waals surface area (Å²) in [6.07, 6.45) is 2.32. The molecule has 0 radical (unpaired) electrons. The van der Waals surface area contributed by atoms with E-state index in [2.05, 4.69) is 16.2 Å². The molecule has 108 valence electrons. The molecule has 0 spiro atoms. The Morgan fingerprint density at radius 1 is 1.55 bits per heavy atom. The fourth-order valence-electron chi connectivity index (χ4n) is 1.88. The second-order valence-corrected chi connectivity index (χ2v) is 4.81. The molecule has 3 N–H and O–H groups in total. The number of hydrogen-bond acceptors (Lipinski definition) is 5. The Kier molecular flexibility index (Phi) is 5.08. The second kappa shape index (κ2) is 7.01. The summed E-state index contributed by atoms with van der Waals surface area (Å²) in [5.41, 5.74) is 6.19. The minimum absolute atomic E-state index is 0.0232. The fourth-order valence-corrected chi connectivity index (χ4v) is 2.02. The number of thiocarbonyl (C=S) groups is 1. The molecule has 1 aromatic rings. The standard InChI is InChI=1S/C12H16N4O3S/c17-16(18)10-4-1-3-9(7-10)14-15-12(20)13-8-11-5-2-6-19-11/h1,3-4,7,11,14H,2,5-6,8H2,(H2,13,15,20)/t11-/m1/s1. The monoisotopic (exact) mass is 296 g/mol. The topological polar surface area (TPSA) is 88.5 Å². The van der Waals surface area contributed by atoms with Gasteiger partial charge in [-0.25, -0.2) is 0 Å². The lowest BCUT2D eigenvalue weighted by molar-refractivity contribution is -0.384. The Bertz CT molecular complexity index is 491. The normalized spacial score (nSPS) is 17.5. The number of ether oxygens (including phenoxy) is 1. The molecule has 1 fully saturated rings. The van der Waals surface area contributed by atoms with Crippen LogP contribution in [0.4, 0.5) is 11.4 Å². The zero-order valence-electron chi connectivity index (χ0n) is 10.8. The Morgan fingerprint density at radius 2 is 2.40 bits per heavy atom. The van der Waals surface area contributed by atoms with Gasteiger partial charge in [0.2, 0.25) is 0 Å². The van der Waals surface area contributed by atoms with E-state index in [-0.39, 0.29) is 11.8 Å². The molecule has 0 aliphatic carbocycles. The molecular formula is C12H16N4O3S. The van der Waals surface area contributed by atoms with Crippen LogP contribution in [0, 0.1) is 10.1 Å². The molecule has 1 aliphatic heterocycles. The van der Waals surface area contributed by atoms with Gasteiger partial charge in [-0.2, -0.15) is 0 Å². The number of hydrazine groups is 1. The maximum atomic E-state index is 10.6. The minimum Gasteiger partial charge on any atom is -0.376 e. The van der Waals surface area contributed by atoms with Crippen LogP contribution in [-0.4, -0.2) is 29.3 Å². The smallest absolute Gasteiger partial charge is 0.271 e. The Labute approximate surface area is 121 Å². The number of hydrogen-bond donors (Lipinski definition) is 3. The first-order chi connectivity index (χ1) is 9.65. The van der Waals surface area contributed by atoms with Crippen LogP contribution in [0.3, 0.4) is 0 Å². The lowest BCUT2D eigenvalue weighted by atomic mass is 10.2. The molecule has 0 saturated carbocycles. The number of anilines is 1. The number of nitrogens with zero attached hydrogens (tertiary/aromatic N) is 1. The average Bonchev–Trinajstić information content (AvgIpc) is 2.96. The Morgan fingerprint density at radius 3 is 3.10 bits per heavy atom. The van der Waals surface area contributed by atoms with Crippen LogP contribution in [-0.2, 0) is 4.74 Å². The first-order valence-corrected chi connectivity index (χ1v) is 6.72. The van der Waals surface area contributed by atoms with Gasteiger partial charge in [-0.3, -0.25) is 21.0 Å². The van der Waals surface area contributed by atoms with Gasteiger partial charge >= 0.3 is 0 Å². The molecule has 1 aliphatic rings. The Hall–Kier alpha value is -1.93. The summed E-state index contributed by atoms with van der Waals surface area (Å²) in [7, 11) is 0. The summed E-state index contributed by atoms with van der Waals surface area (Å²) in [5.74, 6) is 0. The van der Waals surface area contributed by atoms with Crippen molar-refractivity contribution in [3.63, 3.8) is 0 Å². The fraction of sp³-hybridized carbons (Fsp3) is 0.417. The zero-order chi connectivity index (χ0) is 14.4. The van der Waals surface area contributed by atoms with Crippen molar-refractivity contribution >= 4 is 28.7 Å². The SMILES string of the molecule is O=[N+]([O-])c1cccc(NNC(=S)NC[C@H]2CCCO2)c1. The Balaban J connectivity index is 1.75. The highest BCUT2D eigenvalue weighted by molar-refractivity contribution is 7.80. The number of non-ortho nitro benzene ring substituents is 1. The molecular weight excluding hydrogens is 280 g/mol. The summed E-state index contributed by atoms with van der Waals surface area (Å²) < 4.78 is 5.46. The van der Waals surface area contributed by atoms with E-state index < -0.39 is 4.92 Å². The van der Waals surface area contributed by atoms with Crippen molar-refractivity contribution in [1.82, 2.24) is 10.7 Å². The summed E-state index contributed by atoms with van der Waals surface area (Å²) in [4.78, 5) is 10.2. The number of nitro benzene ring substituents is 1. The van der Waals surface area contributed by atoms with Crippen LogP contribution in [0.2, 0.25) is 0 Å². The third kappa shape index (κ3) is 4.32. The van der Waals surface area contributed by atoms with E-state index in [9.17, 15) is 10.1 Å². The molecule has 0 unspecified atom stereocenters. The van der Waals surface area contributed by atoms with Gasteiger partial charge in [-0.05, 0) is 31.1 Å². The minimum atomic E-state index is -0.445. The van der Waals surface area contributed by atoms with Gasteiger partial charge in [0.25, 0.3) is 5.69 Å². The largest absolute Gasteiger partial charge is 0.376 e. The van der Waals surface area contributed by atoms with Crippen molar-refractivity contribution in [2.75, 3.05) is 18.6 Å². The third-order valence-electron chi connectivity index (χ3n) is 2.89. The van der Waals surface area contributed by atoms with E-state index >= 15 is 0 Å². The molecule has 0 bridgehead atoms. The van der Waals surface area contributed by atoms with Gasteiger partial charge in [0.05, 0.1) is 16.7 Å². The van der Waals surface area contributed by atoms with Gasteiger partial charge < -0.3 is 10.1 Å². The van der Waals surface area contributed by atoms with Crippen molar-refractivity contribution in [1.29, 1.82) is 0 Å². The second-order valence-electron chi connectivity index (χ2n) is 4.40. The van der Waals surface area contributed by atoms with Gasteiger partial charge in [0.15, 0.2) is 5.11 Å². The van der Waals surface area contributed by atoms with E-state index in [1.54, 1.807) is 12.1 Å².